The van der Waals surface area contributed by atoms with Crippen molar-refractivity contribution in [3.05, 3.63) is 59.1 Å². The summed E-state index contributed by atoms with van der Waals surface area (Å²) in [4.78, 5) is 39.0. The number of hydrogen-bond donors (Lipinski definition) is 0. The summed E-state index contributed by atoms with van der Waals surface area (Å²) >= 11 is 5.85. The average molecular weight is 398 g/mol. The molecule has 5 nitrogen and oxygen atoms in total. The Morgan fingerprint density at radius 2 is 1.64 bits per heavy atom. The molecule has 1 heterocycles. The van der Waals surface area contributed by atoms with Gasteiger partial charge in [-0.15, -0.1) is 0 Å². The molecule has 0 unspecified atom stereocenters. The first-order valence-electron chi connectivity index (χ1n) is 9.46. The Labute approximate surface area is 168 Å². The Bertz CT molecular complexity index is 900. The summed E-state index contributed by atoms with van der Waals surface area (Å²) in [6.07, 6.45) is 3.60. The fourth-order valence-corrected chi connectivity index (χ4v) is 4.17. The second-order valence-corrected chi connectivity index (χ2v) is 7.72. The fourth-order valence-electron chi connectivity index (χ4n) is 4.04. The highest BCUT2D eigenvalue weighted by molar-refractivity contribution is 6.30. The van der Waals surface area contributed by atoms with E-state index in [2.05, 4.69) is 0 Å². The zero-order valence-electron chi connectivity index (χ0n) is 15.3. The predicted molar refractivity (Wildman–Crippen MR) is 105 cm³/mol. The third-order valence-corrected chi connectivity index (χ3v) is 5.66. The lowest BCUT2D eigenvalue weighted by Gasteiger charge is -2.19. The van der Waals surface area contributed by atoms with Crippen LogP contribution < -0.4 is 9.64 Å². The highest BCUT2D eigenvalue weighted by Crippen LogP contribution is 2.40. The Kier molecular flexibility index (Phi) is 5.18. The van der Waals surface area contributed by atoms with Crippen molar-refractivity contribution in [2.24, 2.45) is 11.8 Å². The van der Waals surface area contributed by atoms with Gasteiger partial charge in [0, 0.05) is 11.1 Å². The van der Waals surface area contributed by atoms with Gasteiger partial charge in [0.05, 0.1) is 23.9 Å². The Morgan fingerprint density at radius 3 is 2.29 bits per heavy atom. The number of esters is 1. The number of hydrogen-bond acceptors (Lipinski definition) is 4. The van der Waals surface area contributed by atoms with Crippen LogP contribution in [0.2, 0.25) is 5.02 Å². The fraction of sp³-hybridized carbons (Fsp3) is 0.318. The van der Waals surface area contributed by atoms with Gasteiger partial charge in [0.1, 0.15) is 5.75 Å². The average Bonchev–Trinajstić information content (AvgIpc) is 2.95. The summed E-state index contributed by atoms with van der Waals surface area (Å²) in [6, 6.07) is 13.6. The molecule has 2 aromatic carbocycles. The van der Waals surface area contributed by atoms with Gasteiger partial charge in [-0.3, -0.25) is 14.4 Å². The van der Waals surface area contributed by atoms with Crippen molar-refractivity contribution >= 4 is 35.1 Å². The molecule has 1 aliphatic heterocycles. The number of amides is 2. The molecule has 1 saturated carbocycles. The molecule has 2 aromatic rings. The molecule has 28 heavy (non-hydrogen) atoms. The van der Waals surface area contributed by atoms with Crippen molar-refractivity contribution in [2.75, 3.05) is 4.90 Å². The summed E-state index contributed by atoms with van der Waals surface area (Å²) in [6.45, 7) is 0. The van der Waals surface area contributed by atoms with Crippen LogP contribution >= 0.6 is 11.6 Å². The molecular weight excluding hydrogens is 378 g/mol. The quantitative estimate of drug-likeness (QED) is 0.441. The van der Waals surface area contributed by atoms with E-state index in [-0.39, 0.29) is 30.1 Å². The van der Waals surface area contributed by atoms with Crippen LogP contribution in [-0.4, -0.2) is 17.8 Å². The van der Waals surface area contributed by atoms with Crippen molar-refractivity contribution < 1.29 is 19.1 Å². The van der Waals surface area contributed by atoms with Crippen LogP contribution in [0, 0.1) is 11.8 Å². The second-order valence-electron chi connectivity index (χ2n) is 7.28. The standard InChI is InChI=1S/C22H20ClNO4/c23-15-10-8-14(9-11-15)12-20(25)28-17-5-3-4-16(13-17)24-21(26)18-6-1-2-7-19(18)22(24)27/h3-5,8-11,13,18-19H,1-2,6-7,12H2/t18-,19-/m0/s1. The van der Waals surface area contributed by atoms with E-state index in [0.29, 0.717) is 16.5 Å². The van der Waals surface area contributed by atoms with Gasteiger partial charge in [0.2, 0.25) is 11.8 Å². The van der Waals surface area contributed by atoms with Crippen LogP contribution in [0.15, 0.2) is 48.5 Å². The smallest absolute Gasteiger partial charge is 0.315 e. The highest BCUT2D eigenvalue weighted by Gasteiger charge is 2.48. The predicted octanol–water partition coefficient (Wildman–Crippen LogP) is 4.17. The van der Waals surface area contributed by atoms with E-state index in [1.165, 1.54) is 4.90 Å². The number of benzene rings is 2. The third-order valence-electron chi connectivity index (χ3n) is 5.41. The van der Waals surface area contributed by atoms with Gasteiger partial charge in [-0.25, -0.2) is 4.90 Å². The van der Waals surface area contributed by atoms with Gasteiger partial charge in [-0.05, 0) is 42.7 Å². The molecule has 1 aliphatic carbocycles. The van der Waals surface area contributed by atoms with Crippen LogP contribution in [0.25, 0.3) is 0 Å². The molecule has 2 atom stereocenters. The van der Waals surface area contributed by atoms with Crippen LogP contribution in [0.1, 0.15) is 31.2 Å². The zero-order valence-corrected chi connectivity index (χ0v) is 16.0. The van der Waals surface area contributed by atoms with E-state index in [1.807, 2.05) is 0 Å². The van der Waals surface area contributed by atoms with Crippen LogP contribution in [0.5, 0.6) is 5.75 Å². The minimum atomic E-state index is -0.424. The number of fused-ring (bicyclic) bond motifs is 1. The molecule has 144 valence electrons. The molecule has 0 spiro atoms. The van der Waals surface area contributed by atoms with E-state index in [0.717, 1.165) is 31.2 Å². The van der Waals surface area contributed by atoms with Crippen molar-refractivity contribution in [1.82, 2.24) is 0 Å². The second kappa shape index (κ2) is 7.76. The number of anilines is 1. The van der Waals surface area contributed by atoms with Crippen molar-refractivity contribution in [1.29, 1.82) is 0 Å². The van der Waals surface area contributed by atoms with Gasteiger partial charge >= 0.3 is 5.97 Å². The van der Waals surface area contributed by atoms with Gasteiger partial charge < -0.3 is 4.74 Å². The van der Waals surface area contributed by atoms with E-state index in [9.17, 15) is 14.4 Å². The Balaban J connectivity index is 1.48. The first kappa shape index (κ1) is 18.7. The molecule has 0 bridgehead atoms. The number of imide groups is 1. The minimum Gasteiger partial charge on any atom is -0.426 e. The molecule has 2 amide bonds. The minimum absolute atomic E-state index is 0.104. The van der Waals surface area contributed by atoms with Gasteiger partial charge in [-0.1, -0.05) is 42.6 Å². The number of ether oxygens (including phenoxy) is 1. The maximum atomic E-state index is 12.7. The Hall–Kier alpha value is -2.66. The molecule has 2 fully saturated rings. The molecule has 0 radical (unpaired) electrons. The topological polar surface area (TPSA) is 63.7 Å². The summed E-state index contributed by atoms with van der Waals surface area (Å²) in [5.41, 5.74) is 1.25. The summed E-state index contributed by atoms with van der Waals surface area (Å²) < 4.78 is 5.42. The molecule has 1 saturated heterocycles. The van der Waals surface area contributed by atoms with Crippen LogP contribution in [0.3, 0.4) is 0 Å². The normalized spacial score (nSPS) is 21.5. The monoisotopic (exact) mass is 397 g/mol. The lowest BCUT2D eigenvalue weighted by molar-refractivity contribution is -0.133. The number of rotatable bonds is 4. The number of halogens is 1. The zero-order chi connectivity index (χ0) is 19.7. The molecule has 6 heteroatoms. The SMILES string of the molecule is O=C(Cc1ccc(Cl)cc1)Oc1cccc(N2C(=O)[C@H]3CCCC[C@@H]3C2=O)c1. The highest BCUT2D eigenvalue weighted by atomic mass is 35.5. The van der Waals surface area contributed by atoms with E-state index < -0.39 is 5.97 Å². The lowest BCUT2D eigenvalue weighted by atomic mass is 9.81. The molecule has 2 aliphatic rings. The van der Waals surface area contributed by atoms with Crippen molar-refractivity contribution in [3.63, 3.8) is 0 Å². The molecule has 4 rings (SSSR count). The van der Waals surface area contributed by atoms with Gasteiger partial charge in [-0.2, -0.15) is 0 Å². The number of nitrogens with zero attached hydrogens (tertiary/aromatic N) is 1. The third kappa shape index (κ3) is 3.67. The van der Waals surface area contributed by atoms with E-state index >= 15 is 0 Å². The summed E-state index contributed by atoms with van der Waals surface area (Å²) in [7, 11) is 0. The molecule has 0 aromatic heterocycles. The van der Waals surface area contributed by atoms with Crippen molar-refractivity contribution in [2.45, 2.75) is 32.1 Å². The maximum Gasteiger partial charge on any atom is 0.315 e. The summed E-state index contributed by atoms with van der Waals surface area (Å²) in [5.74, 6) is -0.812. The van der Waals surface area contributed by atoms with E-state index in [1.54, 1.807) is 48.5 Å². The number of carbonyl (C=O) groups is 3. The number of carbonyl (C=O) groups excluding carboxylic acids is 3. The molecule has 0 N–H and O–H groups in total. The maximum absolute atomic E-state index is 12.7. The first-order chi connectivity index (χ1) is 13.5. The van der Waals surface area contributed by atoms with Gasteiger partial charge in [0.15, 0.2) is 0 Å². The Morgan fingerprint density at radius 1 is 1.00 bits per heavy atom. The van der Waals surface area contributed by atoms with Crippen LogP contribution in [-0.2, 0) is 20.8 Å². The lowest BCUT2D eigenvalue weighted by Crippen LogP contribution is -2.30. The largest absolute Gasteiger partial charge is 0.426 e. The molecular formula is C22H20ClNO4. The van der Waals surface area contributed by atoms with Crippen LogP contribution in [0.4, 0.5) is 5.69 Å². The van der Waals surface area contributed by atoms with E-state index in [4.69, 9.17) is 16.3 Å². The first-order valence-corrected chi connectivity index (χ1v) is 9.84. The summed E-state index contributed by atoms with van der Waals surface area (Å²) in [5, 5.41) is 0.602. The van der Waals surface area contributed by atoms with Gasteiger partial charge in [0.25, 0.3) is 0 Å². The van der Waals surface area contributed by atoms with Crippen molar-refractivity contribution in [3.8, 4) is 5.75 Å².